The van der Waals surface area contributed by atoms with Crippen LogP contribution in [-0.2, 0) is 16.1 Å². The number of hydrogen-bond acceptors (Lipinski definition) is 8. The Bertz CT molecular complexity index is 1490. The van der Waals surface area contributed by atoms with Crippen LogP contribution in [0.1, 0.15) is 46.6 Å². The van der Waals surface area contributed by atoms with Crippen LogP contribution in [0.2, 0.25) is 5.02 Å². The molecule has 8 nitrogen and oxygen atoms in total. The maximum Gasteiger partial charge on any atom is 0.341 e. The van der Waals surface area contributed by atoms with E-state index < -0.39 is 5.97 Å². The molecule has 0 bridgehead atoms. The Morgan fingerprint density at radius 2 is 1.90 bits per heavy atom. The van der Waals surface area contributed by atoms with E-state index in [9.17, 15) is 9.59 Å². The molecule has 4 rings (SSSR count). The summed E-state index contributed by atoms with van der Waals surface area (Å²) in [5.74, 6) is 0.663. The second-order valence-electron chi connectivity index (χ2n) is 8.69. The fourth-order valence-corrected chi connectivity index (χ4v) is 6.13. The van der Waals surface area contributed by atoms with Crippen LogP contribution in [0.4, 0.5) is 5.00 Å². The minimum absolute atomic E-state index is 0.0853. The van der Waals surface area contributed by atoms with E-state index in [4.69, 9.17) is 21.1 Å². The SMILES string of the molecule is CCn1c(SCC(=O)Nc2sc(C)c(-c3ccccc3)c2C(=O)OC)nnc1C(C)Oc1ccc(Cl)c(C)c1. The third-order valence-corrected chi connectivity index (χ3v) is 8.40. The number of methoxy groups -OCH3 is 1. The summed E-state index contributed by atoms with van der Waals surface area (Å²) >= 11 is 8.74. The molecule has 1 atom stereocenters. The Balaban J connectivity index is 1.47. The molecule has 1 unspecified atom stereocenters. The van der Waals surface area contributed by atoms with Gasteiger partial charge in [0, 0.05) is 22.0 Å². The van der Waals surface area contributed by atoms with Crippen molar-refractivity contribution in [1.29, 1.82) is 0 Å². The van der Waals surface area contributed by atoms with E-state index in [1.54, 1.807) is 6.07 Å². The van der Waals surface area contributed by atoms with Gasteiger partial charge >= 0.3 is 5.97 Å². The minimum Gasteiger partial charge on any atom is -0.483 e. The molecule has 0 aliphatic rings. The Labute approximate surface area is 240 Å². The van der Waals surface area contributed by atoms with Crippen molar-refractivity contribution in [1.82, 2.24) is 14.8 Å². The van der Waals surface area contributed by atoms with Gasteiger partial charge in [0.15, 0.2) is 17.1 Å². The number of nitrogens with zero attached hydrogens (tertiary/aromatic N) is 3. The summed E-state index contributed by atoms with van der Waals surface area (Å²) < 4.78 is 13.0. The van der Waals surface area contributed by atoms with Crippen molar-refractivity contribution in [3.8, 4) is 16.9 Å². The van der Waals surface area contributed by atoms with Crippen molar-refractivity contribution in [2.45, 2.75) is 45.5 Å². The fourth-order valence-electron chi connectivity index (χ4n) is 4.13. The summed E-state index contributed by atoms with van der Waals surface area (Å²) in [6, 6.07) is 15.1. The smallest absolute Gasteiger partial charge is 0.341 e. The van der Waals surface area contributed by atoms with Crippen molar-refractivity contribution in [3.05, 3.63) is 75.4 Å². The zero-order valence-electron chi connectivity index (χ0n) is 22.3. The highest BCUT2D eigenvalue weighted by Gasteiger charge is 2.25. The van der Waals surface area contributed by atoms with Gasteiger partial charge in [0.05, 0.1) is 12.9 Å². The van der Waals surface area contributed by atoms with Gasteiger partial charge in [-0.3, -0.25) is 4.79 Å². The number of amides is 1. The third-order valence-electron chi connectivity index (χ3n) is 5.99. The van der Waals surface area contributed by atoms with Crippen LogP contribution in [0.25, 0.3) is 11.1 Å². The molecule has 0 spiro atoms. The summed E-state index contributed by atoms with van der Waals surface area (Å²) in [5.41, 5.74) is 2.92. The Morgan fingerprint density at radius 1 is 1.15 bits per heavy atom. The van der Waals surface area contributed by atoms with E-state index >= 15 is 0 Å². The number of rotatable bonds is 10. The second-order valence-corrected chi connectivity index (χ2v) is 11.3. The largest absolute Gasteiger partial charge is 0.483 e. The van der Waals surface area contributed by atoms with E-state index in [1.807, 2.05) is 74.7 Å². The van der Waals surface area contributed by atoms with Gasteiger partial charge < -0.3 is 19.4 Å². The van der Waals surface area contributed by atoms with Gasteiger partial charge in [-0.05, 0) is 57.0 Å². The molecule has 0 saturated heterocycles. The van der Waals surface area contributed by atoms with Crippen molar-refractivity contribution >= 4 is 51.6 Å². The van der Waals surface area contributed by atoms with E-state index in [0.29, 0.717) is 38.9 Å². The van der Waals surface area contributed by atoms with Crippen molar-refractivity contribution in [3.63, 3.8) is 0 Å². The lowest BCUT2D eigenvalue weighted by Crippen LogP contribution is -2.17. The molecule has 0 saturated carbocycles. The van der Waals surface area contributed by atoms with Crippen LogP contribution < -0.4 is 10.1 Å². The number of ether oxygens (including phenoxy) is 2. The molecular formula is C28H29ClN4O4S2. The lowest BCUT2D eigenvalue weighted by molar-refractivity contribution is -0.113. The van der Waals surface area contributed by atoms with Gasteiger partial charge in [0.2, 0.25) is 5.91 Å². The number of anilines is 1. The zero-order chi connectivity index (χ0) is 28.1. The van der Waals surface area contributed by atoms with Crippen LogP contribution in [0.5, 0.6) is 5.75 Å². The molecule has 204 valence electrons. The van der Waals surface area contributed by atoms with Crippen LogP contribution in [-0.4, -0.2) is 39.5 Å². The topological polar surface area (TPSA) is 95.3 Å². The maximum atomic E-state index is 13.0. The Kier molecular flexibility index (Phi) is 9.32. The van der Waals surface area contributed by atoms with Gasteiger partial charge in [-0.25, -0.2) is 4.79 Å². The van der Waals surface area contributed by atoms with Crippen molar-refractivity contribution in [2.24, 2.45) is 0 Å². The average Bonchev–Trinajstić information content (AvgIpc) is 3.49. The van der Waals surface area contributed by atoms with Crippen molar-refractivity contribution < 1.29 is 19.1 Å². The van der Waals surface area contributed by atoms with Crippen LogP contribution in [0.3, 0.4) is 0 Å². The third kappa shape index (κ3) is 6.46. The first-order valence-electron chi connectivity index (χ1n) is 12.3. The average molecular weight is 585 g/mol. The molecule has 39 heavy (non-hydrogen) atoms. The molecule has 0 fully saturated rings. The standard InChI is InChI=1S/C28H29ClN4O4S2/c1-6-33-25(17(3)37-20-12-13-21(29)16(2)14-20)31-32-28(33)38-15-22(34)30-26-24(27(35)36-5)23(18(4)39-26)19-10-8-7-9-11-19/h7-14,17H,6,15H2,1-5H3,(H,30,34). The summed E-state index contributed by atoms with van der Waals surface area (Å²) in [4.78, 5) is 26.6. The monoisotopic (exact) mass is 584 g/mol. The number of thioether (sulfide) groups is 1. The van der Waals surface area contributed by atoms with Gasteiger partial charge in [0.25, 0.3) is 0 Å². The summed E-state index contributed by atoms with van der Waals surface area (Å²) in [6.45, 7) is 8.33. The number of thiophene rings is 1. The highest BCUT2D eigenvalue weighted by atomic mass is 35.5. The van der Waals surface area contributed by atoms with E-state index in [-0.39, 0.29) is 17.8 Å². The number of carbonyl (C=O) groups is 2. The second kappa shape index (κ2) is 12.7. The highest BCUT2D eigenvalue weighted by Crippen LogP contribution is 2.40. The molecule has 2 aromatic heterocycles. The number of halogens is 1. The van der Waals surface area contributed by atoms with Crippen molar-refractivity contribution in [2.75, 3.05) is 18.2 Å². The molecule has 11 heteroatoms. The molecule has 0 radical (unpaired) electrons. The van der Waals surface area contributed by atoms with E-state index in [0.717, 1.165) is 21.6 Å². The molecule has 4 aromatic rings. The van der Waals surface area contributed by atoms with Gasteiger partial charge in [-0.2, -0.15) is 0 Å². The molecule has 0 aliphatic carbocycles. The first-order chi connectivity index (χ1) is 18.7. The number of nitrogens with one attached hydrogen (secondary N) is 1. The number of hydrogen-bond donors (Lipinski definition) is 1. The summed E-state index contributed by atoms with van der Waals surface area (Å²) in [5, 5.41) is 13.3. The number of carbonyl (C=O) groups excluding carboxylic acids is 2. The number of benzene rings is 2. The maximum absolute atomic E-state index is 13.0. The molecule has 1 amide bonds. The van der Waals surface area contributed by atoms with Gasteiger partial charge in [0.1, 0.15) is 16.3 Å². The Morgan fingerprint density at radius 3 is 2.56 bits per heavy atom. The first-order valence-corrected chi connectivity index (χ1v) is 14.5. The molecular weight excluding hydrogens is 556 g/mol. The quantitative estimate of drug-likeness (QED) is 0.159. The number of aryl methyl sites for hydroxylation is 2. The summed E-state index contributed by atoms with van der Waals surface area (Å²) in [6.07, 6.45) is -0.366. The predicted molar refractivity (Wildman–Crippen MR) is 156 cm³/mol. The minimum atomic E-state index is -0.499. The number of aromatic nitrogens is 3. The highest BCUT2D eigenvalue weighted by molar-refractivity contribution is 7.99. The zero-order valence-corrected chi connectivity index (χ0v) is 24.7. The Hall–Kier alpha value is -3.34. The molecule has 0 aliphatic heterocycles. The fraction of sp³-hybridized carbons (Fsp3) is 0.286. The lowest BCUT2D eigenvalue weighted by atomic mass is 10.0. The number of esters is 1. The lowest BCUT2D eigenvalue weighted by Gasteiger charge is -2.16. The normalized spacial score (nSPS) is 11.7. The summed E-state index contributed by atoms with van der Waals surface area (Å²) in [7, 11) is 1.33. The van der Waals surface area contributed by atoms with Crippen LogP contribution in [0, 0.1) is 13.8 Å². The molecule has 2 heterocycles. The molecule has 2 aromatic carbocycles. The molecule has 1 N–H and O–H groups in total. The van der Waals surface area contributed by atoms with E-state index in [2.05, 4.69) is 15.5 Å². The first kappa shape index (κ1) is 28.7. The van der Waals surface area contributed by atoms with Gasteiger partial charge in [-0.1, -0.05) is 53.7 Å². The van der Waals surface area contributed by atoms with Crippen LogP contribution in [0.15, 0.2) is 53.7 Å². The van der Waals surface area contributed by atoms with Crippen LogP contribution >= 0.6 is 34.7 Å². The predicted octanol–water partition coefficient (Wildman–Crippen LogP) is 6.95. The van der Waals surface area contributed by atoms with Gasteiger partial charge in [-0.15, -0.1) is 21.5 Å². The van der Waals surface area contributed by atoms with E-state index in [1.165, 1.54) is 30.2 Å².